The SMILES string of the molecule is C=C(Nc1ccc(N)cc1CC)c1cc(C)ccc1C.CC. The Hall–Kier alpha value is -2.22. The van der Waals surface area contributed by atoms with Gasteiger partial charge in [0.1, 0.15) is 0 Å². The van der Waals surface area contributed by atoms with Crippen molar-refractivity contribution in [3.63, 3.8) is 0 Å². The molecule has 0 radical (unpaired) electrons. The van der Waals surface area contributed by atoms with Crippen molar-refractivity contribution in [2.45, 2.75) is 41.0 Å². The second kappa shape index (κ2) is 8.28. The summed E-state index contributed by atoms with van der Waals surface area (Å²) in [6, 6.07) is 12.3. The molecule has 3 N–H and O–H groups in total. The van der Waals surface area contributed by atoms with Crippen LogP contribution in [0.2, 0.25) is 0 Å². The summed E-state index contributed by atoms with van der Waals surface area (Å²) in [5, 5.41) is 3.42. The van der Waals surface area contributed by atoms with E-state index in [9.17, 15) is 0 Å². The minimum absolute atomic E-state index is 0.796. The molecule has 118 valence electrons. The molecule has 0 bridgehead atoms. The summed E-state index contributed by atoms with van der Waals surface area (Å²) >= 11 is 0. The van der Waals surface area contributed by atoms with E-state index in [2.05, 4.69) is 50.9 Å². The smallest absolute Gasteiger partial charge is 0.0418 e. The van der Waals surface area contributed by atoms with Gasteiger partial charge in [-0.3, -0.25) is 0 Å². The summed E-state index contributed by atoms with van der Waals surface area (Å²) in [6.45, 7) is 14.5. The molecule has 0 aliphatic heterocycles. The van der Waals surface area contributed by atoms with Crippen molar-refractivity contribution < 1.29 is 0 Å². The number of rotatable bonds is 4. The van der Waals surface area contributed by atoms with E-state index in [1.807, 2.05) is 32.0 Å². The topological polar surface area (TPSA) is 38.0 Å². The predicted octanol–water partition coefficient (Wildman–Crippen LogP) is 5.56. The lowest BCUT2D eigenvalue weighted by molar-refractivity contribution is 1.14. The number of benzene rings is 2. The molecule has 0 fully saturated rings. The second-order valence-electron chi connectivity index (χ2n) is 5.19. The Bertz CT molecular complexity index is 642. The fourth-order valence-electron chi connectivity index (χ4n) is 2.32. The zero-order valence-electron chi connectivity index (χ0n) is 14.5. The van der Waals surface area contributed by atoms with Gasteiger partial charge in [0.15, 0.2) is 0 Å². The van der Waals surface area contributed by atoms with Crippen molar-refractivity contribution in [2.75, 3.05) is 11.1 Å². The molecule has 2 heteroatoms. The third-order valence-corrected chi connectivity index (χ3v) is 3.51. The highest BCUT2D eigenvalue weighted by Gasteiger charge is 2.07. The monoisotopic (exact) mass is 296 g/mol. The zero-order chi connectivity index (χ0) is 16.7. The summed E-state index contributed by atoms with van der Waals surface area (Å²) in [6.07, 6.45) is 0.938. The molecule has 0 aliphatic carbocycles. The highest BCUT2D eigenvalue weighted by molar-refractivity contribution is 5.79. The van der Waals surface area contributed by atoms with Gasteiger partial charge in [-0.25, -0.2) is 0 Å². The molecule has 2 nitrogen and oxygen atoms in total. The summed E-state index contributed by atoms with van der Waals surface area (Å²) in [5.74, 6) is 0. The highest BCUT2D eigenvalue weighted by atomic mass is 14.9. The van der Waals surface area contributed by atoms with Gasteiger partial charge in [0, 0.05) is 22.6 Å². The Morgan fingerprint density at radius 3 is 2.41 bits per heavy atom. The van der Waals surface area contributed by atoms with E-state index in [0.29, 0.717) is 0 Å². The fraction of sp³-hybridized carbons (Fsp3) is 0.300. The number of hydrogen-bond donors (Lipinski definition) is 2. The first-order chi connectivity index (χ1) is 10.5. The Labute approximate surface area is 135 Å². The van der Waals surface area contributed by atoms with Crippen LogP contribution in [0.4, 0.5) is 11.4 Å². The van der Waals surface area contributed by atoms with Crippen LogP contribution < -0.4 is 11.1 Å². The van der Waals surface area contributed by atoms with Gasteiger partial charge in [-0.05, 0) is 55.7 Å². The van der Waals surface area contributed by atoms with E-state index < -0.39 is 0 Å². The van der Waals surface area contributed by atoms with Gasteiger partial charge in [0.05, 0.1) is 0 Å². The third kappa shape index (κ3) is 4.39. The van der Waals surface area contributed by atoms with Crippen molar-refractivity contribution in [3.8, 4) is 0 Å². The molecule has 2 aromatic rings. The van der Waals surface area contributed by atoms with Crippen LogP contribution in [-0.4, -0.2) is 0 Å². The van der Waals surface area contributed by atoms with Crippen molar-refractivity contribution in [1.29, 1.82) is 0 Å². The number of nitrogens with two attached hydrogens (primary N) is 1. The minimum Gasteiger partial charge on any atom is -0.399 e. The predicted molar refractivity (Wildman–Crippen MR) is 100 cm³/mol. The Morgan fingerprint density at radius 1 is 1.09 bits per heavy atom. The molecule has 2 aromatic carbocycles. The molecule has 0 aliphatic rings. The van der Waals surface area contributed by atoms with Gasteiger partial charge in [0.2, 0.25) is 0 Å². The molecule has 22 heavy (non-hydrogen) atoms. The number of nitrogen functional groups attached to an aromatic ring is 1. The Morgan fingerprint density at radius 2 is 1.77 bits per heavy atom. The summed E-state index contributed by atoms with van der Waals surface area (Å²) < 4.78 is 0. The standard InChI is InChI=1S/C18H22N2.C2H6/c1-5-15-11-16(19)8-9-18(15)20-14(4)17-10-12(2)6-7-13(17)3;1-2/h6-11,20H,4-5,19H2,1-3H3;1-2H3. The maximum absolute atomic E-state index is 5.84. The second-order valence-corrected chi connectivity index (χ2v) is 5.19. The molecule has 0 aromatic heterocycles. The van der Waals surface area contributed by atoms with E-state index in [1.165, 1.54) is 16.7 Å². The van der Waals surface area contributed by atoms with Crippen LogP contribution in [0, 0.1) is 13.8 Å². The lowest BCUT2D eigenvalue weighted by atomic mass is 10.0. The average molecular weight is 296 g/mol. The number of nitrogens with one attached hydrogen (secondary N) is 1. The molecule has 2 rings (SSSR count). The molecule has 0 amide bonds. The Kier molecular flexibility index (Phi) is 6.71. The highest BCUT2D eigenvalue weighted by Crippen LogP contribution is 2.25. The summed E-state index contributed by atoms with van der Waals surface area (Å²) in [4.78, 5) is 0. The largest absolute Gasteiger partial charge is 0.399 e. The summed E-state index contributed by atoms with van der Waals surface area (Å²) in [5.41, 5.74) is 13.5. The van der Waals surface area contributed by atoms with Crippen LogP contribution >= 0.6 is 0 Å². The summed E-state index contributed by atoms with van der Waals surface area (Å²) in [7, 11) is 0. The van der Waals surface area contributed by atoms with Crippen LogP contribution in [0.15, 0.2) is 43.0 Å². The van der Waals surface area contributed by atoms with Crippen LogP contribution in [0.25, 0.3) is 5.70 Å². The normalized spacial score (nSPS) is 9.68. The van der Waals surface area contributed by atoms with Crippen LogP contribution in [0.3, 0.4) is 0 Å². The van der Waals surface area contributed by atoms with Crippen molar-refractivity contribution in [2.24, 2.45) is 0 Å². The molecule has 0 spiro atoms. The average Bonchev–Trinajstić information content (AvgIpc) is 2.53. The van der Waals surface area contributed by atoms with Gasteiger partial charge in [-0.1, -0.05) is 45.0 Å². The number of anilines is 2. The van der Waals surface area contributed by atoms with Crippen LogP contribution in [-0.2, 0) is 6.42 Å². The molecule has 0 saturated heterocycles. The van der Waals surface area contributed by atoms with Gasteiger partial charge >= 0.3 is 0 Å². The van der Waals surface area contributed by atoms with Crippen LogP contribution in [0.1, 0.15) is 43.0 Å². The molecular weight excluding hydrogens is 268 g/mol. The maximum Gasteiger partial charge on any atom is 0.0418 e. The quantitative estimate of drug-likeness (QED) is 0.725. The molecule has 0 heterocycles. The molecule has 0 unspecified atom stereocenters. The van der Waals surface area contributed by atoms with E-state index in [-0.39, 0.29) is 0 Å². The fourth-order valence-corrected chi connectivity index (χ4v) is 2.32. The van der Waals surface area contributed by atoms with Gasteiger partial charge < -0.3 is 11.1 Å². The lowest BCUT2D eigenvalue weighted by Gasteiger charge is -2.16. The van der Waals surface area contributed by atoms with E-state index in [1.54, 1.807) is 0 Å². The first kappa shape index (κ1) is 17.8. The van der Waals surface area contributed by atoms with Crippen molar-refractivity contribution in [3.05, 3.63) is 65.2 Å². The van der Waals surface area contributed by atoms with Gasteiger partial charge in [0.25, 0.3) is 0 Å². The van der Waals surface area contributed by atoms with Gasteiger partial charge in [-0.15, -0.1) is 0 Å². The molecule has 0 saturated carbocycles. The van der Waals surface area contributed by atoms with Crippen LogP contribution in [0.5, 0.6) is 0 Å². The Balaban J connectivity index is 0.00000116. The molecule has 0 atom stereocenters. The maximum atomic E-state index is 5.84. The van der Waals surface area contributed by atoms with E-state index >= 15 is 0 Å². The van der Waals surface area contributed by atoms with Crippen molar-refractivity contribution in [1.82, 2.24) is 0 Å². The number of hydrogen-bond acceptors (Lipinski definition) is 2. The first-order valence-corrected chi connectivity index (χ1v) is 7.93. The zero-order valence-corrected chi connectivity index (χ0v) is 14.5. The van der Waals surface area contributed by atoms with Gasteiger partial charge in [-0.2, -0.15) is 0 Å². The van der Waals surface area contributed by atoms with Crippen molar-refractivity contribution >= 4 is 17.1 Å². The minimum atomic E-state index is 0.796. The third-order valence-electron chi connectivity index (χ3n) is 3.51. The first-order valence-electron chi connectivity index (χ1n) is 7.93. The van der Waals surface area contributed by atoms with E-state index in [0.717, 1.165) is 29.1 Å². The number of aryl methyl sites for hydroxylation is 3. The van der Waals surface area contributed by atoms with E-state index in [4.69, 9.17) is 5.73 Å². The lowest BCUT2D eigenvalue weighted by Crippen LogP contribution is -2.03. The molecular formula is C20H28N2.